The lowest BCUT2D eigenvalue weighted by molar-refractivity contribution is -0.139. The van der Waals surface area contributed by atoms with Crippen LogP contribution in [0, 0.1) is 0 Å². The van der Waals surface area contributed by atoms with Crippen molar-refractivity contribution in [3.63, 3.8) is 0 Å². The summed E-state index contributed by atoms with van der Waals surface area (Å²) < 4.78 is 1.63. The molecule has 7 nitrogen and oxygen atoms in total. The number of carbonyl (C=O) groups excluding carboxylic acids is 1. The fourth-order valence-corrected chi connectivity index (χ4v) is 1.92. The molecule has 0 saturated heterocycles. The van der Waals surface area contributed by atoms with Crippen molar-refractivity contribution in [3.8, 4) is 0 Å². The molecular formula is C11H18N4O3S. The van der Waals surface area contributed by atoms with Gasteiger partial charge < -0.3 is 15.7 Å². The van der Waals surface area contributed by atoms with Crippen LogP contribution in [0.4, 0.5) is 4.79 Å². The van der Waals surface area contributed by atoms with Crippen LogP contribution < -0.4 is 10.6 Å². The van der Waals surface area contributed by atoms with E-state index in [2.05, 4.69) is 15.7 Å². The van der Waals surface area contributed by atoms with Crippen molar-refractivity contribution in [2.24, 2.45) is 7.05 Å². The molecule has 3 N–H and O–H groups in total. The van der Waals surface area contributed by atoms with E-state index in [0.29, 0.717) is 18.7 Å². The molecule has 0 bridgehead atoms. The summed E-state index contributed by atoms with van der Waals surface area (Å²) in [5.41, 5.74) is 0.855. The van der Waals surface area contributed by atoms with Gasteiger partial charge in [0.2, 0.25) is 0 Å². The average molecular weight is 286 g/mol. The van der Waals surface area contributed by atoms with E-state index in [1.165, 1.54) is 0 Å². The van der Waals surface area contributed by atoms with E-state index < -0.39 is 18.0 Å². The summed E-state index contributed by atoms with van der Waals surface area (Å²) in [5.74, 6) is -0.342. The second kappa shape index (κ2) is 7.67. The summed E-state index contributed by atoms with van der Waals surface area (Å²) in [5, 5.41) is 18.0. The molecule has 1 aromatic heterocycles. The molecule has 0 spiro atoms. The Labute approximate surface area is 115 Å². The van der Waals surface area contributed by atoms with Gasteiger partial charge in [0.15, 0.2) is 0 Å². The smallest absolute Gasteiger partial charge is 0.326 e. The average Bonchev–Trinajstić information content (AvgIpc) is 2.77. The maximum absolute atomic E-state index is 11.6. The third-order valence-electron chi connectivity index (χ3n) is 2.43. The number of carboxylic acids is 1. The molecular weight excluding hydrogens is 268 g/mol. The Morgan fingerprint density at radius 1 is 1.58 bits per heavy atom. The number of hydrogen-bond acceptors (Lipinski definition) is 4. The summed E-state index contributed by atoms with van der Waals surface area (Å²) in [6, 6.07) is -1.35. The van der Waals surface area contributed by atoms with Crippen LogP contribution >= 0.6 is 11.8 Å². The molecule has 19 heavy (non-hydrogen) atoms. The number of aryl methyl sites for hydroxylation is 1. The molecule has 1 rings (SSSR count). The van der Waals surface area contributed by atoms with Crippen molar-refractivity contribution in [3.05, 3.63) is 18.0 Å². The monoisotopic (exact) mass is 286 g/mol. The summed E-state index contributed by atoms with van der Waals surface area (Å²) in [6.07, 6.45) is 5.71. The van der Waals surface area contributed by atoms with Crippen LogP contribution in [-0.4, -0.2) is 44.9 Å². The SMILES string of the molecule is CSCC[C@H](NC(=O)NCc1cnn(C)c1)C(=O)O. The molecule has 0 fully saturated rings. The number of aliphatic carboxylic acids is 1. The predicted octanol–water partition coefficient (Wildman–Crippen LogP) is 0.426. The van der Waals surface area contributed by atoms with Crippen molar-refractivity contribution in [1.82, 2.24) is 20.4 Å². The first-order valence-electron chi connectivity index (χ1n) is 5.76. The predicted molar refractivity (Wildman–Crippen MR) is 73.0 cm³/mol. The Balaban J connectivity index is 2.37. The van der Waals surface area contributed by atoms with Gasteiger partial charge in [-0.1, -0.05) is 0 Å². The third-order valence-corrected chi connectivity index (χ3v) is 3.07. The van der Waals surface area contributed by atoms with Crippen molar-refractivity contribution in [2.45, 2.75) is 19.0 Å². The molecule has 1 heterocycles. The zero-order chi connectivity index (χ0) is 14.3. The Morgan fingerprint density at radius 2 is 2.32 bits per heavy atom. The molecule has 0 aromatic carbocycles. The van der Waals surface area contributed by atoms with Crippen LogP contribution in [0.15, 0.2) is 12.4 Å². The number of nitrogens with zero attached hydrogens (tertiary/aromatic N) is 2. The van der Waals surface area contributed by atoms with Crippen molar-refractivity contribution in [2.75, 3.05) is 12.0 Å². The third kappa shape index (κ3) is 5.64. The summed E-state index contributed by atoms with van der Waals surface area (Å²) in [4.78, 5) is 22.5. The Kier molecular flexibility index (Phi) is 6.20. The van der Waals surface area contributed by atoms with Gasteiger partial charge in [-0.05, 0) is 18.4 Å². The first-order valence-corrected chi connectivity index (χ1v) is 7.16. The van der Waals surface area contributed by atoms with Crippen LogP contribution in [0.1, 0.15) is 12.0 Å². The van der Waals surface area contributed by atoms with Crippen molar-refractivity contribution < 1.29 is 14.7 Å². The van der Waals surface area contributed by atoms with Gasteiger partial charge in [0.25, 0.3) is 0 Å². The second-order valence-electron chi connectivity index (χ2n) is 4.02. The second-order valence-corrected chi connectivity index (χ2v) is 5.01. The van der Waals surface area contributed by atoms with E-state index in [1.807, 2.05) is 6.26 Å². The van der Waals surface area contributed by atoms with Gasteiger partial charge in [-0.2, -0.15) is 16.9 Å². The van der Waals surface area contributed by atoms with Crippen LogP contribution in [-0.2, 0) is 18.4 Å². The van der Waals surface area contributed by atoms with E-state index in [9.17, 15) is 9.59 Å². The highest BCUT2D eigenvalue weighted by Gasteiger charge is 2.18. The van der Waals surface area contributed by atoms with Crippen LogP contribution in [0.25, 0.3) is 0 Å². The molecule has 106 valence electrons. The lowest BCUT2D eigenvalue weighted by Crippen LogP contribution is -2.46. The molecule has 0 unspecified atom stereocenters. The molecule has 0 aliphatic heterocycles. The van der Waals surface area contributed by atoms with Gasteiger partial charge in [0, 0.05) is 25.4 Å². The zero-order valence-electron chi connectivity index (χ0n) is 10.9. The number of rotatable bonds is 7. The van der Waals surface area contributed by atoms with Gasteiger partial charge in [0.05, 0.1) is 6.20 Å². The Morgan fingerprint density at radius 3 is 2.84 bits per heavy atom. The molecule has 0 radical (unpaired) electrons. The fraction of sp³-hybridized carbons (Fsp3) is 0.545. The molecule has 0 aliphatic rings. The number of carboxylic acid groups (broad SMARTS) is 1. The van der Waals surface area contributed by atoms with E-state index in [4.69, 9.17) is 5.11 Å². The Hall–Kier alpha value is -1.70. The fourth-order valence-electron chi connectivity index (χ4n) is 1.45. The highest BCUT2D eigenvalue weighted by atomic mass is 32.2. The zero-order valence-corrected chi connectivity index (χ0v) is 11.7. The summed E-state index contributed by atoms with van der Waals surface area (Å²) in [7, 11) is 1.78. The lowest BCUT2D eigenvalue weighted by atomic mass is 10.2. The first-order chi connectivity index (χ1) is 9.02. The summed E-state index contributed by atoms with van der Waals surface area (Å²) in [6.45, 7) is 0.314. The van der Waals surface area contributed by atoms with Gasteiger partial charge >= 0.3 is 12.0 Å². The topological polar surface area (TPSA) is 96.3 Å². The molecule has 1 atom stereocenters. The van der Waals surface area contributed by atoms with Gasteiger partial charge in [-0.3, -0.25) is 4.68 Å². The van der Waals surface area contributed by atoms with Crippen LogP contribution in [0.5, 0.6) is 0 Å². The minimum Gasteiger partial charge on any atom is -0.480 e. The molecule has 0 aliphatic carbocycles. The van der Waals surface area contributed by atoms with E-state index in [0.717, 1.165) is 5.56 Å². The highest BCUT2D eigenvalue weighted by Crippen LogP contribution is 2.01. The minimum absolute atomic E-state index is 0.314. The largest absolute Gasteiger partial charge is 0.480 e. The normalized spacial score (nSPS) is 11.9. The lowest BCUT2D eigenvalue weighted by Gasteiger charge is -2.14. The van der Waals surface area contributed by atoms with E-state index in [1.54, 1.807) is 35.9 Å². The molecule has 8 heteroatoms. The number of aromatic nitrogens is 2. The number of carbonyl (C=O) groups is 2. The van der Waals surface area contributed by atoms with E-state index in [-0.39, 0.29) is 0 Å². The Bertz CT molecular complexity index is 435. The van der Waals surface area contributed by atoms with Gasteiger partial charge in [0.1, 0.15) is 6.04 Å². The molecule has 1 aromatic rings. The number of hydrogen-bond donors (Lipinski definition) is 3. The quantitative estimate of drug-likeness (QED) is 0.675. The maximum atomic E-state index is 11.6. The van der Waals surface area contributed by atoms with Crippen LogP contribution in [0.3, 0.4) is 0 Å². The number of nitrogens with one attached hydrogen (secondary N) is 2. The maximum Gasteiger partial charge on any atom is 0.326 e. The minimum atomic E-state index is -1.02. The van der Waals surface area contributed by atoms with Gasteiger partial charge in [-0.15, -0.1) is 0 Å². The van der Waals surface area contributed by atoms with Crippen molar-refractivity contribution >= 4 is 23.8 Å². The summed E-state index contributed by atoms with van der Waals surface area (Å²) >= 11 is 1.54. The molecule has 2 amide bonds. The van der Waals surface area contributed by atoms with E-state index >= 15 is 0 Å². The number of thioether (sulfide) groups is 1. The molecule has 0 saturated carbocycles. The standard InChI is InChI=1S/C11H18N4O3S/c1-15-7-8(6-13-15)5-12-11(18)14-9(10(16)17)3-4-19-2/h6-7,9H,3-5H2,1-2H3,(H,16,17)(H2,12,14,18)/t9-/m0/s1. The first kappa shape index (κ1) is 15.4. The highest BCUT2D eigenvalue weighted by molar-refractivity contribution is 7.98. The van der Waals surface area contributed by atoms with Crippen molar-refractivity contribution in [1.29, 1.82) is 0 Å². The van der Waals surface area contributed by atoms with Crippen LogP contribution in [0.2, 0.25) is 0 Å². The number of amides is 2. The van der Waals surface area contributed by atoms with Gasteiger partial charge in [-0.25, -0.2) is 9.59 Å². The number of urea groups is 1.